The van der Waals surface area contributed by atoms with Crippen LogP contribution in [0.25, 0.3) is 89.5 Å². The molecule has 0 saturated carbocycles. The molecule has 2 aromatic heterocycles. The SMILES string of the molecule is [B]c1c([B])c([B])c(-c2nc(-c3ccc4c(c3)oc3cc(-c5ccc(-c6ccc(-c7ccccc7)cc6)cc5)ccc34)nc(-c3c([B])c([B])c([B])c([B])c3[B])n2)c([B])c1[B]. The minimum absolute atomic E-state index is 0.00994. The highest BCUT2D eigenvalue weighted by Gasteiger charge is 2.22. The molecule has 0 aliphatic rings. The van der Waals surface area contributed by atoms with Crippen LogP contribution >= 0.6 is 0 Å². The lowest BCUT2D eigenvalue weighted by Gasteiger charge is -2.22. The molecule has 0 saturated heterocycles. The van der Waals surface area contributed by atoms with Crippen molar-refractivity contribution in [1.29, 1.82) is 0 Å². The quantitative estimate of drug-likeness (QED) is 0.222. The van der Waals surface area contributed by atoms with Crippen molar-refractivity contribution >= 4 is 155 Å². The molecule has 250 valence electrons. The molecule has 0 atom stereocenters. The Kier molecular flexibility index (Phi) is 9.78. The fourth-order valence-electron chi connectivity index (χ4n) is 7.35. The summed E-state index contributed by atoms with van der Waals surface area (Å²) in [5, 5.41) is 1.82. The first-order chi connectivity index (χ1) is 28.4. The van der Waals surface area contributed by atoms with Gasteiger partial charge in [-0.3, -0.25) is 0 Å². The molecule has 0 fully saturated rings. The van der Waals surface area contributed by atoms with E-state index in [0.717, 1.165) is 33.0 Å². The van der Waals surface area contributed by atoms with Crippen LogP contribution in [0.5, 0.6) is 0 Å². The van der Waals surface area contributed by atoms with E-state index in [4.69, 9.17) is 92.8 Å². The lowest BCUT2D eigenvalue weighted by molar-refractivity contribution is 0.669. The zero-order chi connectivity index (χ0) is 41.3. The van der Waals surface area contributed by atoms with E-state index in [1.54, 1.807) is 0 Å². The second kappa shape index (κ2) is 15.0. The summed E-state index contributed by atoms with van der Waals surface area (Å²) in [6, 6.07) is 39.2. The third-order valence-corrected chi connectivity index (χ3v) is 10.8. The van der Waals surface area contributed by atoms with E-state index in [1.165, 1.54) is 11.1 Å². The highest BCUT2D eigenvalue weighted by atomic mass is 16.3. The maximum atomic E-state index is 6.47. The van der Waals surface area contributed by atoms with E-state index in [9.17, 15) is 0 Å². The van der Waals surface area contributed by atoms with Crippen LogP contribution in [0.15, 0.2) is 120 Å². The third-order valence-electron chi connectivity index (χ3n) is 10.8. The van der Waals surface area contributed by atoms with Gasteiger partial charge in [0.15, 0.2) is 17.5 Å². The molecule has 0 N–H and O–H groups in total. The van der Waals surface area contributed by atoms with Gasteiger partial charge in [-0.2, -0.15) is 0 Å². The minimum Gasteiger partial charge on any atom is -0.456 e. The molecule has 59 heavy (non-hydrogen) atoms. The number of hydrogen-bond acceptors (Lipinski definition) is 4. The van der Waals surface area contributed by atoms with Gasteiger partial charge in [0.2, 0.25) is 0 Å². The lowest BCUT2D eigenvalue weighted by atomic mass is 9.60. The Labute approximate surface area is 355 Å². The van der Waals surface area contributed by atoms with Crippen molar-refractivity contribution in [3.63, 3.8) is 0 Å². The van der Waals surface area contributed by atoms with Gasteiger partial charge in [0.1, 0.15) is 89.6 Å². The normalized spacial score (nSPS) is 11.4. The summed E-state index contributed by atoms with van der Waals surface area (Å²) in [5.41, 5.74) is 9.01. The highest BCUT2D eigenvalue weighted by Crippen LogP contribution is 2.35. The van der Waals surface area contributed by atoms with Crippen molar-refractivity contribution in [1.82, 2.24) is 15.0 Å². The Balaban J connectivity index is 1.11. The van der Waals surface area contributed by atoms with Crippen molar-refractivity contribution in [2.45, 2.75) is 0 Å². The van der Waals surface area contributed by atoms with Crippen molar-refractivity contribution in [3.05, 3.63) is 115 Å². The van der Waals surface area contributed by atoms with Gasteiger partial charge in [0, 0.05) is 27.5 Å². The van der Waals surface area contributed by atoms with E-state index in [0.29, 0.717) is 16.7 Å². The standard InChI is InChI=1S/C45H19B10N3O/c46-33-31(34(47)38(51)41(54)37(33)50)44-56-43(57-45(58-44)32-35(48)39(52)42(55)40(53)36(32)49)26-15-17-28-27-16-14-25(18-29(27)59-30(28)19-26)24-12-10-23(11-13-24)22-8-6-21(7-9-22)20-4-2-1-3-5-20/h1-19H. The Morgan fingerprint density at radius 1 is 0.288 bits per heavy atom. The number of benzene rings is 7. The second-order valence-electron chi connectivity index (χ2n) is 14.2. The number of fused-ring (bicyclic) bond motifs is 3. The zero-order valence-corrected chi connectivity index (χ0v) is 31.5. The molecule has 0 spiro atoms. The average molecular weight is 726 g/mol. The van der Waals surface area contributed by atoms with Gasteiger partial charge in [0.05, 0.1) is 0 Å². The van der Waals surface area contributed by atoms with Gasteiger partial charge in [-0.25, -0.2) is 15.0 Å². The number of hydrogen-bond donors (Lipinski definition) is 0. The van der Waals surface area contributed by atoms with Crippen molar-refractivity contribution < 1.29 is 4.42 Å². The molecule has 0 unspecified atom stereocenters. The van der Waals surface area contributed by atoms with E-state index in [2.05, 4.69) is 77.8 Å². The molecule has 14 heteroatoms. The van der Waals surface area contributed by atoms with Crippen molar-refractivity contribution in [2.24, 2.45) is 0 Å². The Morgan fingerprint density at radius 2 is 0.593 bits per heavy atom. The molecule has 20 radical (unpaired) electrons. The van der Waals surface area contributed by atoms with Crippen LogP contribution < -0.4 is 54.6 Å². The van der Waals surface area contributed by atoms with Gasteiger partial charge < -0.3 is 4.42 Å². The summed E-state index contributed by atoms with van der Waals surface area (Å²) < 4.78 is 6.47. The van der Waals surface area contributed by atoms with Crippen LogP contribution in [-0.2, 0) is 0 Å². The fourth-order valence-corrected chi connectivity index (χ4v) is 7.35. The van der Waals surface area contributed by atoms with Crippen LogP contribution in [0.2, 0.25) is 0 Å². The maximum absolute atomic E-state index is 6.47. The van der Waals surface area contributed by atoms with Gasteiger partial charge in [0.25, 0.3) is 0 Å². The molecule has 0 bridgehead atoms. The molecule has 2 heterocycles. The second-order valence-corrected chi connectivity index (χ2v) is 14.2. The number of aromatic nitrogens is 3. The highest BCUT2D eigenvalue weighted by molar-refractivity contribution is 6.69. The van der Waals surface area contributed by atoms with Gasteiger partial charge in [-0.05, 0) is 57.6 Å². The molecule has 4 nitrogen and oxygen atoms in total. The van der Waals surface area contributed by atoms with Crippen LogP contribution in [0.4, 0.5) is 0 Å². The van der Waals surface area contributed by atoms with E-state index in [-0.39, 0.29) is 83.2 Å². The monoisotopic (exact) mass is 727 g/mol. The number of rotatable bonds is 6. The summed E-state index contributed by atoms with van der Waals surface area (Å²) in [6.07, 6.45) is 0. The first-order valence-electron chi connectivity index (χ1n) is 18.4. The van der Waals surface area contributed by atoms with Crippen molar-refractivity contribution in [3.8, 4) is 67.5 Å². The summed E-state index contributed by atoms with van der Waals surface area (Å²) in [4.78, 5) is 14.2. The molecule has 0 aliphatic carbocycles. The van der Waals surface area contributed by atoms with E-state index >= 15 is 0 Å². The topological polar surface area (TPSA) is 51.8 Å². The van der Waals surface area contributed by atoms with E-state index in [1.807, 2.05) is 42.5 Å². The maximum Gasteiger partial charge on any atom is 0.164 e. The Hall–Kier alpha value is -6.00. The third kappa shape index (κ3) is 6.63. The first-order valence-corrected chi connectivity index (χ1v) is 18.4. The zero-order valence-electron chi connectivity index (χ0n) is 31.5. The van der Waals surface area contributed by atoms with Crippen LogP contribution in [0.1, 0.15) is 0 Å². The summed E-state index contributed by atoms with van der Waals surface area (Å²) in [7, 11) is 62.9. The average Bonchev–Trinajstić information content (AvgIpc) is 3.64. The summed E-state index contributed by atoms with van der Waals surface area (Å²) in [6.45, 7) is 0. The van der Waals surface area contributed by atoms with Crippen LogP contribution in [0.3, 0.4) is 0 Å². The summed E-state index contributed by atoms with van der Waals surface area (Å²) >= 11 is 0. The fraction of sp³-hybridized carbons (Fsp3) is 0. The lowest BCUT2D eigenvalue weighted by Crippen LogP contribution is -2.55. The smallest absolute Gasteiger partial charge is 0.164 e. The minimum atomic E-state index is 0.00994. The predicted octanol–water partition coefficient (Wildman–Crippen LogP) is -0.289. The molecule has 7 aromatic carbocycles. The number of furan rings is 1. The largest absolute Gasteiger partial charge is 0.456 e. The van der Waals surface area contributed by atoms with Gasteiger partial charge in [-0.1, -0.05) is 113 Å². The van der Waals surface area contributed by atoms with Crippen LogP contribution in [0, 0.1) is 0 Å². The number of nitrogens with zero attached hydrogens (tertiary/aromatic N) is 3. The molecule has 0 amide bonds. The van der Waals surface area contributed by atoms with Gasteiger partial charge >= 0.3 is 0 Å². The Morgan fingerprint density at radius 3 is 1.02 bits per heavy atom. The molecule has 9 aromatic rings. The first kappa shape index (κ1) is 38.5. The molecular formula is C45H19B10N3O. The van der Waals surface area contributed by atoms with Crippen molar-refractivity contribution in [2.75, 3.05) is 0 Å². The summed E-state index contributed by atoms with van der Waals surface area (Å²) in [5.74, 6) is 0.204. The molecule has 9 rings (SSSR count). The predicted molar refractivity (Wildman–Crippen MR) is 254 cm³/mol. The Bertz CT molecular complexity index is 3010. The molecule has 0 aliphatic heterocycles. The van der Waals surface area contributed by atoms with E-state index < -0.39 is 0 Å². The van der Waals surface area contributed by atoms with Gasteiger partial charge in [-0.15, -0.1) is 32.8 Å². The molecular weight excluding hydrogens is 707 g/mol. The van der Waals surface area contributed by atoms with Crippen LogP contribution in [-0.4, -0.2) is 93.4 Å².